The molecule has 1 aromatic rings. The SMILES string of the molecule is C[C@@H](N)c1nccs1.Cl. The van der Waals surface area contributed by atoms with Crippen LogP contribution >= 0.6 is 23.7 Å². The number of nitrogens with zero attached hydrogens (tertiary/aromatic N) is 1. The van der Waals surface area contributed by atoms with E-state index < -0.39 is 0 Å². The molecular formula is C5H9ClN2S. The molecule has 0 radical (unpaired) electrons. The van der Waals surface area contributed by atoms with Gasteiger partial charge in [0.05, 0.1) is 6.04 Å². The Balaban J connectivity index is 0.000000640. The monoisotopic (exact) mass is 164 g/mol. The molecule has 0 bridgehead atoms. The maximum Gasteiger partial charge on any atom is 0.109 e. The van der Waals surface area contributed by atoms with Crippen LogP contribution < -0.4 is 5.73 Å². The Morgan fingerprint density at radius 1 is 1.78 bits per heavy atom. The van der Waals surface area contributed by atoms with E-state index in [0.29, 0.717) is 0 Å². The zero-order valence-electron chi connectivity index (χ0n) is 5.07. The highest BCUT2D eigenvalue weighted by Crippen LogP contribution is 2.10. The average Bonchev–Trinajstić information content (AvgIpc) is 2.12. The lowest BCUT2D eigenvalue weighted by molar-refractivity contribution is 0.807. The number of hydrogen-bond acceptors (Lipinski definition) is 3. The first kappa shape index (κ1) is 8.88. The van der Waals surface area contributed by atoms with E-state index >= 15 is 0 Å². The van der Waals surface area contributed by atoms with Crippen LogP contribution in [0.4, 0.5) is 0 Å². The van der Waals surface area contributed by atoms with Gasteiger partial charge in [-0.1, -0.05) is 0 Å². The molecular weight excluding hydrogens is 156 g/mol. The average molecular weight is 165 g/mol. The van der Waals surface area contributed by atoms with Crippen LogP contribution in [0.1, 0.15) is 18.0 Å². The second-order valence-electron chi connectivity index (χ2n) is 1.66. The summed E-state index contributed by atoms with van der Waals surface area (Å²) >= 11 is 1.59. The summed E-state index contributed by atoms with van der Waals surface area (Å²) in [5, 5.41) is 2.93. The van der Waals surface area contributed by atoms with Crippen molar-refractivity contribution in [2.24, 2.45) is 5.73 Å². The first-order valence-electron chi connectivity index (χ1n) is 2.45. The smallest absolute Gasteiger partial charge is 0.109 e. The Hall–Kier alpha value is -0.120. The summed E-state index contributed by atoms with van der Waals surface area (Å²) < 4.78 is 0. The van der Waals surface area contributed by atoms with E-state index in [1.165, 1.54) is 0 Å². The summed E-state index contributed by atoms with van der Waals surface area (Å²) in [5.74, 6) is 0. The molecule has 0 amide bonds. The van der Waals surface area contributed by atoms with Gasteiger partial charge in [0.1, 0.15) is 5.01 Å². The molecule has 0 fully saturated rings. The van der Waals surface area contributed by atoms with Crippen LogP contribution in [0.3, 0.4) is 0 Å². The van der Waals surface area contributed by atoms with Crippen LogP contribution in [0.15, 0.2) is 11.6 Å². The van der Waals surface area contributed by atoms with Gasteiger partial charge in [0.2, 0.25) is 0 Å². The maximum atomic E-state index is 5.51. The molecule has 0 aliphatic rings. The number of halogens is 1. The number of hydrogen-bond donors (Lipinski definition) is 1. The largest absolute Gasteiger partial charge is 0.322 e. The molecule has 4 heteroatoms. The molecule has 1 atom stereocenters. The van der Waals surface area contributed by atoms with Crippen molar-refractivity contribution in [1.29, 1.82) is 0 Å². The Labute approximate surface area is 64.5 Å². The molecule has 0 aliphatic heterocycles. The fraction of sp³-hybridized carbons (Fsp3) is 0.400. The van der Waals surface area contributed by atoms with E-state index in [9.17, 15) is 0 Å². The van der Waals surface area contributed by atoms with Gasteiger partial charge in [-0.15, -0.1) is 23.7 Å². The van der Waals surface area contributed by atoms with Gasteiger partial charge in [-0.3, -0.25) is 0 Å². The van der Waals surface area contributed by atoms with Crippen molar-refractivity contribution in [3.63, 3.8) is 0 Å². The minimum atomic E-state index is 0. The first-order valence-corrected chi connectivity index (χ1v) is 3.33. The normalized spacial score (nSPS) is 12.2. The molecule has 0 aromatic carbocycles. The molecule has 0 saturated carbocycles. The zero-order valence-corrected chi connectivity index (χ0v) is 6.71. The van der Waals surface area contributed by atoms with Gasteiger partial charge in [0, 0.05) is 11.6 Å². The summed E-state index contributed by atoms with van der Waals surface area (Å²) in [7, 11) is 0. The van der Waals surface area contributed by atoms with Crippen molar-refractivity contribution < 1.29 is 0 Å². The molecule has 0 spiro atoms. The molecule has 2 N–H and O–H groups in total. The summed E-state index contributed by atoms with van der Waals surface area (Å²) in [6.45, 7) is 1.93. The summed E-state index contributed by atoms with van der Waals surface area (Å²) in [6, 6.07) is 0.0926. The highest BCUT2D eigenvalue weighted by molar-refractivity contribution is 7.09. The molecule has 0 saturated heterocycles. The molecule has 1 rings (SSSR count). The van der Waals surface area contributed by atoms with E-state index in [2.05, 4.69) is 4.98 Å². The molecule has 1 heterocycles. The quantitative estimate of drug-likeness (QED) is 0.685. The molecule has 0 unspecified atom stereocenters. The van der Waals surface area contributed by atoms with Crippen LogP contribution in [-0.4, -0.2) is 4.98 Å². The molecule has 0 aliphatic carbocycles. The van der Waals surface area contributed by atoms with Gasteiger partial charge < -0.3 is 5.73 Å². The van der Waals surface area contributed by atoms with E-state index in [4.69, 9.17) is 5.73 Å². The minimum absolute atomic E-state index is 0. The minimum Gasteiger partial charge on any atom is -0.322 e. The lowest BCUT2D eigenvalue weighted by Crippen LogP contribution is -2.03. The standard InChI is InChI=1S/C5H8N2S.ClH/c1-4(6)5-7-2-3-8-5;/h2-4H,6H2,1H3;1H/t4-;/m1./s1. The second kappa shape index (κ2) is 3.82. The lowest BCUT2D eigenvalue weighted by atomic mass is 10.4. The van der Waals surface area contributed by atoms with Gasteiger partial charge in [0.25, 0.3) is 0 Å². The highest BCUT2D eigenvalue weighted by atomic mass is 35.5. The Kier molecular flexibility index (Phi) is 3.77. The van der Waals surface area contributed by atoms with E-state index in [1.54, 1.807) is 17.5 Å². The van der Waals surface area contributed by atoms with Crippen LogP contribution in [-0.2, 0) is 0 Å². The van der Waals surface area contributed by atoms with Crippen LogP contribution in [0.5, 0.6) is 0 Å². The van der Waals surface area contributed by atoms with Crippen molar-refractivity contribution >= 4 is 23.7 Å². The zero-order chi connectivity index (χ0) is 5.98. The van der Waals surface area contributed by atoms with Gasteiger partial charge in [-0.2, -0.15) is 0 Å². The van der Waals surface area contributed by atoms with Crippen molar-refractivity contribution in [2.75, 3.05) is 0 Å². The Bertz CT molecular complexity index is 150. The predicted molar refractivity (Wildman–Crippen MR) is 42.0 cm³/mol. The third-order valence-electron chi connectivity index (χ3n) is 0.841. The molecule has 1 aromatic heterocycles. The van der Waals surface area contributed by atoms with Crippen LogP contribution in [0.2, 0.25) is 0 Å². The van der Waals surface area contributed by atoms with Crippen molar-refractivity contribution in [2.45, 2.75) is 13.0 Å². The second-order valence-corrected chi connectivity index (χ2v) is 2.59. The molecule has 52 valence electrons. The van der Waals surface area contributed by atoms with Gasteiger partial charge >= 0.3 is 0 Å². The van der Waals surface area contributed by atoms with E-state index in [1.807, 2.05) is 12.3 Å². The topological polar surface area (TPSA) is 38.9 Å². The third-order valence-corrected chi connectivity index (χ3v) is 1.82. The summed E-state index contributed by atoms with van der Waals surface area (Å²) in [4.78, 5) is 4.01. The first-order chi connectivity index (χ1) is 3.80. The molecule has 9 heavy (non-hydrogen) atoms. The van der Waals surface area contributed by atoms with E-state index in [0.717, 1.165) is 5.01 Å². The molecule has 2 nitrogen and oxygen atoms in total. The predicted octanol–water partition coefficient (Wildman–Crippen LogP) is 1.58. The van der Waals surface area contributed by atoms with Gasteiger partial charge in [0.15, 0.2) is 0 Å². The fourth-order valence-electron chi connectivity index (χ4n) is 0.459. The number of aromatic nitrogens is 1. The van der Waals surface area contributed by atoms with Gasteiger partial charge in [-0.25, -0.2) is 4.98 Å². The van der Waals surface area contributed by atoms with Crippen LogP contribution in [0, 0.1) is 0 Å². The van der Waals surface area contributed by atoms with E-state index in [-0.39, 0.29) is 18.4 Å². The third kappa shape index (κ3) is 2.30. The Morgan fingerprint density at radius 3 is 2.67 bits per heavy atom. The van der Waals surface area contributed by atoms with Gasteiger partial charge in [-0.05, 0) is 6.92 Å². The van der Waals surface area contributed by atoms with Crippen molar-refractivity contribution in [3.8, 4) is 0 Å². The van der Waals surface area contributed by atoms with Crippen molar-refractivity contribution in [1.82, 2.24) is 4.98 Å². The van der Waals surface area contributed by atoms with Crippen LogP contribution in [0.25, 0.3) is 0 Å². The number of nitrogens with two attached hydrogens (primary N) is 1. The maximum absolute atomic E-state index is 5.51. The fourth-order valence-corrected chi connectivity index (χ4v) is 1.06. The highest BCUT2D eigenvalue weighted by Gasteiger charge is 1.98. The number of thiazole rings is 1. The summed E-state index contributed by atoms with van der Waals surface area (Å²) in [5.41, 5.74) is 5.51. The summed E-state index contributed by atoms with van der Waals surface area (Å²) in [6.07, 6.45) is 1.77. The van der Waals surface area contributed by atoms with Crippen molar-refractivity contribution in [3.05, 3.63) is 16.6 Å². The lowest BCUT2D eigenvalue weighted by Gasteiger charge is -1.94. The number of rotatable bonds is 1. The Morgan fingerprint density at radius 2 is 2.44 bits per heavy atom.